The lowest BCUT2D eigenvalue weighted by Gasteiger charge is -2.00. The monoisotopic (exact) mass is 319 g/mol. The van der Waals surface area contributed by atoms with Crippen molar-refractivity contribution in [3.63, 3.8) is 0 Å². The highest BCUT2D eigenvalue weighted by Crippen LogP contribution is 2.22. The molecule has 0 atom stereocenters. The first-order valence-electron chi connectivity index (χ1n) is 2.73. The van der Waals surface area contributed by atoms with E-state index in [2.05, 4.69) is 4.98 Å². The van der Waals surface area contributed by atoms with Gasteiger partial charge in [-0.25, -0.2) is 9.37 Å². The van der Waals surface area contributed by atoms with Gasteiger partial charge in [-0.05, 0) is 34.2 Å². The number of hydrogen-bond donors (Lipinski definition) is 0. The van der Waals surface area contributed by atoms with Crippen LogP contribution in [0.3, 0.4) is 0 Å². The number of aromatic nitrogens is 1. The molecule has 2 nitrogen and oxygen atoms in total. The van der Waals surface area contributed by atoms with E-state index in [4.69, 9.17) is 23.2 Å². The average molecular weight is 320 g/mol. The SMILES string of the molecule is O=C(Cl)c1c(Cl)ncc(I)c1F. The molecule has 0 spiro atoms. The molecule has 0 N–H and O–H groups in total. The first-order valence-corrected chi connectivity index (χ1v) is 4.57. The second-order valence-electron chi connectivity index (χ2n) is 1.86. The number of halogens is 4. The minimum atomic E-state index is -0.941. The smallest absolute Gasteiger partial charge is 0.258 e. The van der Waals surface area contributed by atoms with Gasteiger partial charge in [0.1, 0.15) is 10.7 Å². The molecule has 1 aromatic heterocycles. The Labute approximate surface area is 91.2 Å². The van der Waals surface area contributed by atoms with Crippen LogP contribution in [0.25, 0.3) is 0 Å². The molecule has 0 aromatic carbocycles. The maximum atomic E-state index is 13.1. The quantitative estimate of drug-likeness (QED) is 0.452. The van der Waals surface area contributed by atoms with Crippen molar-refractivity contribution in [1.29, 1.82) is 0 Å². The minimum absolute atomic E-state index is 0.209. The lowest BCUT2D eigenvalue weighted by atomic mass is 10.3. The van der Waals surface area contributed by atoms with Gasteiger partial charge in [-0.15, -0.1) is 0 Å². The molecule has 0 radical (unpaired) electrons. The van der Waals surface area contributed by atoms with E-state index in [0.717, 1.165) is 0 Å². The fraction of sp³-hybridized carbons (Fsp3) is 0. The second-order valence-corrected chi connectivity index (χ2v) is 3.72. The van der Waals surface area contributed by atoms with Crippen molar-refractivity contribution < 1.29 is 9.18 Å². The molecule has 0 amide bonds. The van der Waals surface area contributed by atoms with Crippen LogP contribution >= 0.6 is 45.8 Å². The molecule has 6 heteroatoms. The van der Waals surface area contributed by atoms with E-state index < -0.39 is 11.1 Å². The van der Waals surface area contributed by atoms with Crippen molar-refractivity contribution in [3.05, 3.63) is 26.3 Å². The van der Waals surface area contributed by atoms with E-state index >= 15 is 0 Å². The van der Waals surface area contributed by atoms with E-state index in [1.54, 1.807) is 22.6 Å². The summed E-state index contributed by atoms with van der Waals surface area (Å²) < 4.78 is 13.3. The number of hydrogen-bond acceptors (Lipinski definition) is 2. The number of carbonyl (C=O) groups is 1. The molecule has 0 aliphatic rings. The largest absolute Gasteiger partial charge is 0.275 e. The number of rotatable bonds is 1. The highest BCUT2D eigenvalue weighted by molar-refractivity contribution is 14.1. The van der Waals surface area contributed by atoms with Crippen LogP contribution < -0.4 is 0 Å². The van der Waals surface area contributed by atoms with Gasteiger partial charge in [0.25, 0.3) is 5.24 Å². The van der Waals surface area contributed by atoms with Gasteiger partial charge >= 0.3 is 0 Å². The molecule has 0 unspecified atom stereocenters. The van der Waals surface area contributed by atoms with Crippen molar-refractivity contribution in [1.82, 2.24) is 4.98 Å². The minimum Gasteiger partial charge on any atom is -0.275 e. The first-order chi connectivity index (χ1) is 5.54. The zero-order valence-corrected chi connectivity index (χ0v) is 9.11. The summed E-state index contributed by atoms with van der Waals surface area (Å²) in [6, 6.07) is 0. The van der Waals surface area contributed by atoms with Crippen LogP contribution in [-0.4, -0.2) is 10.2 Å². The van der Waals surface area contributed by atoms with Crippen molar-refractivity contribution >= 4 is 51.0 Å². The fourth-order valence-electron chi connectivity index (χ4n) is 0.612. The van der Waals surface area contributed by atoms with Crippen molar-refractivity contribution in [2.24, 2.45) is 0 Å². The molecule has 1 aromatic rings. The van der Waals surface area contributed by atoms with Crippen LogP contribution in [0, 0.1) is 9.39 Å². The summed E-state index contributed by atoms with van der Waals surface area (Å²) in [6.07, 6.45) is 1.22. The van der Waals surface area contributed by atoms with E-state index in [1.165, 1.54) is 6.20 Å². The Kier molecular flexibility index (Phi) is 3.25. The van der Waals surface area contributed by atoms with E-state index in [1.807, 2.05) is 0 Å². The summed E-state index contributed by atoms with van der Waals surface area (Å²) in [6.45, 7) is 0. The molecule has 1 heterocycles. The Bertz CT molecular complexity index is 345. The number of pyridine rings is 1. The highest BCUT2D eigenvalue weighted by atomic mass is 127. The third-order valence-electron chi connectivity index (χ3n) is 1.12. The van der Waals surface area contributed by atoms with Gasteiger partial charge in [-0.3, -0.25) is 4.79 Å². The molecule has 0 aliphatic carbocycles. The van der Waals surface area contributed by atoms with Crippen molar-refractivity contribution in [3.8, 4) is 0 Å². The fourth-order valence-corrected chi connectivity index (χ4v) is 1.46. The summed E-state index contributed by atoms with van der Waals surface area (Å²) >= 11 is 12.2. The molecular weight excluding hydrogens is 319 g/mol. The van der Waals surface area contributed by atoms with Crippen LogP contribution in [0.15, 0.2) is 6.20 Å². The lowest BCUT2D eigenvalue weighted by Crippen LogP contribution is -2.00. The third-order valence-corrected chi connectivity index (χ3v) is 2.35. The molecular formula is C6HCl2FINO. The van der Waals surface area contributed by atoms with Gasteiger partial charge in [-0.2, -0.15) is 0 Å². The Morgan fingerprint density at radius 1 is 1.67 bits per heavy atom. The predicted molar refractivity (Wildman–Crippen MR) is 52.1 cm³/mol. The van der Waals surface area contributed by atoms with Crippen LogP contribution in [0.2, 0.25) is 5.15 Å². The summed E-state index contributed by atoms with van der Waals surface area (Å²) in [5, 5.41) is -1.16. The first kappa shape index (κ1) is 10.1. The van der Waals surface area contributed by atoms with Crippen molar-refractivity contribution in [2.45, 2.75) is 0 Å². The summed E-state index contributed by atoms with van der Waals surface area (Å²) in [4.78, 5) is 14.2. The summed E-state index contributed by atoms with van der Waals surface area (Å²) in [5.41, 5.74) is -0.370. The Balaban J connectivity index is 3.43. The van der Waals surface area contributed by atoms with Gasteiger partial charge < -0.3 is 0 Å². The molecule has 0 aliphatic heterocycles. The van der Waals surface area contributed by atoms with Gasteiger partial charge in [0.2, 0.25) is 0 Å². The normalized spacial score (nSPS) is 10.0. The van der Waals surface area contributed by atoms with Gasteiger partial charge in [-0.1, -0.05) is 11.6 Å². The topological polar surface area (TPSA) is 30.0 Å². The third kappa shape index (κ3) is 1.86. The molecule has 0 saturated heterocycles. The lowest BCUT2D eigenvalue weighted by molar-refractivity contribution is 0.107. The summed E-state index contributed by atoms with van der Waals surface area (Å²) in [7, 11) is 0. The molecule has 64 valence electrons. The van der Waals surface area contributed by atoms with Gasteiger partial charge in [0.15, 0.2) is 5.82 Å². The Morgan fingerprint density at radius 3 is 2.67 bits per heavy atom. The zero-order valence-electron chi connectivity index (χ0n) is 5.44. The number of nitrogens with zero attached hydrogens (tertiary/aromatic N) is 1. The number of carbonyl (C=O) groups excluding carboxylic acids is 1. The van der Waals surface area contributed by atoms with Crippen LogP contribution in [-0.2, 0) is 0 Å². The maximum absolute atomic E-state index is 13.1. The Hall–Kier alpha value is 0.0600. The van der Waals surface area contributed by atoms with E-state index in [0.29, 0.717) is 0 Å². The summed E-state index contributed by atoms with van der Waals surface area (Å²) in [5.74, 6) is -0.726. The Morgan fingerprint density at radius 2 is 2.25 bits per heavy atom. The van der Waals surface area contributed by atoms with Crippen molar-refractivity contribution in [2.75, 3.05) is 0 Å². The molecule has 0 bridgehead atoms. The predicted octanol–water partition coefficient (Wildman–Crippen LogP) is 2.86. The zero-order chi connectivity index (χ0) is 9.30. The van der Waals surface area contributed by atoms with Crippen LogP contribution in [0.5, 0.6) is 0 Å². The van der Waals surface area contributed by atoms with E-state index in [9.17, 15) is 9.18 Å². The molecule has 12 heavy (non-hydrogen) atoms. The maximum Gasteiger partial charge on any atom is 0.258 e. The molecule has 0 fully saturated rings. The average Bonchev–Trinajstić information content (AvgIpc) is 1.97. The van der Waals surface area contributed by atoms with Crippen LogP contribution in [0.1, 0.15) is 10.4 Å². The highest BCUT2D eigenvalue weighted by Gasteiger charge is 2.17. The van der Waals surface area contributed by atoms with Gasteiger partial charge in [0, 0.05) is 6.20 Å². The standard InChI is InChI=1S/C6HCl2FINO/c7-5-3(6(8)12)4(9)2(10)1-11-5/h1H. The molecule has 1 rings (SSSR count). The van der Waals surface area contributed by atoms with Crippen LogP contribution in [0.4, 0.5) is 4.39 Å². The molecule has 0 saturated carbocycles. The second kappa shape index (κ2) is 3.85. The van der Waals surface area contributed by atoms with E-state index in [-0.39, 0.29) is 14.3 Å². The van der Waals surface area contributed by atoms with Gasteiger partial charge in [0.05, 0.1) is 3.57 Å².